The zero-order valence-corrected chi connectivity index (χ0v) is 26.3. The van der Waals surface area contributed by atoms with Crippen LogP contribution in [0.2, 0.25) is 0 Å². The van der Waals surface area contributed by atoms with Gasteiger partial charge >= 0.3 is 0 Å². The van der Waals surface area contributed by atoms with Crippen molar-refractivity contribution in [1.82, 2.24) is 19.5 Å². The second-order valence-corrected chi connectivity index (χ2v) is 10.3. The molecule has 0 N–H and O–H groups in total. The summed E-state index contributed by atoms with van der Waals surface area (Å²) in [7, 11) is 0. The van der Waals surface area contributed by atoms with E-state index in [4.69, 9.17) is 9.40 Å². The van der Waals surface area contributed by atoms with Crippen LogP contribution in [0.5, 0.6) is 0 Å². The van der Waals surface area contributed by atoms with Gasteiger partial charge in [0.25, 0.3) is 0 Å². The Kier molecular flexibility index (Phi) is 7.74. The monoisotopic (exact) mass is 757 g/mol. The molecule has 4 heterocycles. The third-order valence-electron chi connectivity index (χ3n) is 7.69. The molecular formula is C39H24IrN4O-2. The Morgan fingerprint density at radius 1 is 0.556 bits per heavy atom. The number of benzene rings is 5. The van der Waals surface area contributed by atoms with Gasteiger partial charge in [0.05, 0.1) is 11.1 Å². The molecule has 5 nitrogen and oxygen atoms in total. The molecule has 0 fully saturated rings. The van der Waals surface area contributed by atoms with E-state index in [0.717, 1.165) is 71.9 Å². The average molecular weight is 757 g/mol. The zero-order valence-electron chi connectivity index (χ0n) is 23.9. The number of rotatable bonds is 3. The number of fused-ring (bicyclic) bond motifs is 8. The van der Waals surface area contributed by atoms with E-state index in [1.807, 2.05) is 91.3 Å². The Bertz CT molecular complexity index is 2330. The van der Waals surface area contributed by atoms with Gasteiger partial charge in [0, 0.05) is 49.0 Å². The number of hydrogen-bond acceptors (Lipinski definition) is 4. The topological polar surface area (TPSA) is 56.7 Å². The maximum Gasteiger partial charge on any atom is 0.149 e. The van der Waals surface area contributed by atoms with Gasteiger partial charge in [-0.15, -0.1) is 54.1 Å². The van der Waals surface area contributed by atoms with Crippen LogP contribution in [0.4, 0.5) is 0 Å². The fourth-order valence-electron chi connectivity index (χ4n) is 5.74. The molecule has 1 radical (unpaired) electrons. The van der Waals surface area contributed by atoms with Gasteiger partial charge < -0.3 is 14.4 Å². The van der Waals surface area contributed by atoms with Crippen molar-refractivity contribution < 1.29 is 24.5 Å². The van der Waals surface area contributed by atoms with Crippen molar-refractivity contribution in [3.05, 3.63) is 158 Å². The fraction of sp³-hybridized carbons (Fsp3) is 0. The van der Waals surface area contributed by atoms with Crippen molar-refractivity contribution in [2.45, 2.75) is 0 Å². The molecule has 0 aliphatic rings. The molecule has 0 spiro atoms. The van der Waals surface area contributed by atoms with Gasteiger partial charge in [-0.1, -0.05) is 77.7 Å². The van der Waals surface area contributed by atoms with Gasteiger partial charge in [-0.05, 0) is 41.0 Å². The summed E-state index contributed by atoms with van der Waals surface area (Å²) in [5.41, 5.74) is 8.25. The van der Waals surface area contributed by atoms with Crippen molar-refractivity contribution in [2.75, 3.05) is 0 Å². The largest absolute Gasteiger partial charge is 0.498 e. The standard InChI is InChI=1S/C28H16N3O.C11H8N.Ir/c1-2-9-18(10-3-1)31-17-30-25-26(31)20-12-5-4-11-19(20)24-22-14-8-13-21(27(22)32-28(24)25)23-15-6-7-16-29-23;1-2-6-10(7-3-1)11-8-4-5-9-12-11;/h1-12,14-17H;1-6,8-9H;/q2*-1;. The average Bonchev–Trinajstić information content (AvgIpc) is 3.73. The van der Waals surface area contributed by atoms with Gasteiger partial charge in [-0.3, -0.25) is 4.57 Å². The Morgan fingerprint density at radius 2 is 1.27 bits per heavy atom. The predicted octanol–water partition coefficient (Wildman–Crippen LogP) is 9.49. The molecule has 9 aromatic rings. The minimum Gasteiger partial charge on any atom is -0.498 e. The molecule has 0 aliphatic heterocycles. The third kappa shape index (κ3) is 5.10. The molecule has 5 aromatic carbocycles. The van der Waals surface area contributed by atoms with Crippen LogP contribution in [-0.2, 0) is 20.1 Å². The first-order chi connectivity index (χ1) is 21.9. The Balaban J connectivity index is 0.000000211. The minimum atomic E-state index is 0. The SMILES string of the molecule is [Ir].[c-]1ccc2c(oc3c4ncn(-c5ccccc5)c4c4ccccc4c23)c1-c1ccccn1.[c-]1ccccc1-c1ccccn1. The summed E-state index contributed by atoms with van der Waals surface area (Å²) in [5.74, 6) is 0. The van der Waals surface area contributed by atoms with Crippen molar-refractivity contribution in [3.8, 4) is 28.2 Å². The summed E-state index contributed by atoms with van der Waals surface area (Å²) in [6.07, 6.45) is 5.46. The maximum absolute atomic E-state index is 6.56. The summed E-state index contributed by atoms with van der Waals surface area (Å²) >= 11 is 0. The van der Waals surface area contributed by atoms with Crippen molar-refractivity contribution in [1.29, 1.82) is 0 Å². The van der Waals surface area contributed by atoms with Crippen LogP contribution in [0, 0.1) is 12.1 Å². The van der Waals surface area contributed by atoms with E-state index < -0.39 is 0 Å². The summed E-state index contributed by atoms with van der Waals surface area (Å²) in [6.45, 7) is 0. The second kappa shape index (κ2) is 12.3. The van der Waals surface area contributed by atoms with E-state index in [-0.39, 0.29) is 20.1 Å². The van der Waals surface area contributed by atoms with Crippen LogP contribution in [0.1, 0.15) is 0 Å². The van der Waals surface area contributed by atoms with Gasteiger partial charge in [0.2, 0.25) is 0 Å². The van der Waals surface area contributed by atoms with E-state index in [9.17, 15) is 0 Å². The van der Waals surface area contributed by atoms with Gasteiger partial charge in [0.1, 0.15) is 17.4 Å². The van der Waals surface area contributed by atoms with E-state index in [1.54, 1.807) is 12.4 Å². The molecule has 0 aliphatic carbocycles. The van der Waals surface area contributed by atoms with E-state index >= 15 is 0 Å². The van der Waals surface area contributed by atoms with Crippen molar-refractivity contribution >= 4 is 43.7 Å². The molecule has 0 saturated carbocycles. The van der Waals surface area contributed by atoms with Gasteiger partial charge in [-0.2, -0.15) is 0 Å². The Hall–Kier alpha value is -5.42. The first kappa shape index (κ1) is 28.4. The van der Waals surface area contributed by atoms with Gasteiger partial charge in [0.15, 0.2) is 0 Å². The number of nitrogens with zero attached hydrogens (tertiary/aromatic N) is 4. The molecule has 6 heteroatoms. The summed E-state index contributed by atoms with van der Waals surface area (Å²) in [5, 5.41) is 4.41. The van der Waals surface area contributed by atoms with Crippen LogP contribution in [0.3, 0.4) is 0 Å². The van der Waals surface area contributed by atoms with E-state index in [1.165, 1.54) is 0 Å². The van der Waals surface area contributed by atoms with Crippen LogP contribution >= 0.6 is 0 Å². The quantitative estimate of drug-likeness (QED) is 0.169. The third-order valence-corrected chi connectivity index (χ3v) is 7.69. The molecule has 0 bridgehead atoms. The first-order valence-electron chi connectivity index (χ1n) is 14.4. The molecule has 0 unspecified atom stereocenters. The number of pyridine rings is 2. The number of hydrogen-bond donors (Lipinski definition) is 0. The van der Waals surface area contributed by atoms with Crippen LogP contribution in [0.15, 0.2) is 151 Å². The first-order valence-corrected chi connectivity index (χ1v) is 14.4. The molecule has 0 atom stereocenters. The zero-order chi connectivity index (χ0) is 29.3. The summed E-state index contributed by atoms with van der Waals surface area (Å²) in [4.78, 5) is 13.6. The van der Waals surface area contributed by atoms with Gasteiger partial charge in [-0.25, -0.2) is 4.98 Å². The molecule has 4 aromatic heterocycles. The molecule has 0 amide bonds. The summed E-state index contributed by atoms with van der Waals surface area (Å²) in [6, 6.07) is 48.8. The van der Waals surface area contributed by atoms with E-state index in [2.05, 4.69) is 69.1 Å². The minimum absolute atomic E-state index is 0. The summed E-state index contributed by atoms with van der Waals surface area (Å²) < 4.78 is 8.70. The van der Waals surface area contributed by atoms with Crippen molar-refractivity contribution in [3.63, 3.8) is 0 Å². The maximum atomic E-state index is 6.56. The second-order valence-electron chi connectivity index (χ2n) is 10.3. The van der Waals surface area contributed by atoms with E-state index in [0.29, 0.717) is 0 Å². The molecular weight excluding hydrogens is 733 g/mol. The number of para-hydroxylation sites is 1. The molecule has 0 saturated heterocycles. The number of furan rings is 1. The van der Waals surface area contributed by atoms with Crippen LogP contribution in [0.25, 0.3) is 71.9 Å². The molecule has 45 heavy (non-hydrogen) atoms. The fourth-order valence-corrected chi connectivity index (χ4v) is 5.74. The smallest absolute Gasteiger partial charge is 0.149 e. The number of imidazole rings is 1. The normalized spacial score (nSPS) is 10.9. The number of aromatic nitrogens is 4. The molecule has 9 rings (SSSR count). The molecule has 217 valence electrons. The predicted molar refractivity (Wildman–Crippen MR) is 176 cm³/mol. The Labute approximate surface area is 273 Å². The van der Waals surface area contributed by atoms with Crippen LogP contribution in [-0.4, -0.2) is 19.5 Å². The Morgan fingerprint density at radius 3 is 2.00 bits per heavy atom. The van der Waals surface area contributed by atoms with Crippen molar-refractivity contribution in [2.24, 2.45) is 0 Å². The van der Waals surface area contributed by atoms with Crippen LogP contribution < -0.4 is 0 Å².